The highest BCUT2D eigenvalue weighted by Crippen LogP contribution is 2.31. The molecule has 0 aromatic heterocycles. The van der Waals surface area contributed by atoms with Gasteiger partial charge < -0.3 is 15.7 Å². The molecule has 3 aromatic rings. The summed E-state index contributed by atoms with van der Waals surface area (Å²) in [6.45, 7) is 8.88. The molecule has 0 heterocycles. The van der Waals surface area contributed by atoms with E-state index >= 15 is 0 Å². The van der Waals surface area contributed by atoms with Crippen LogP contribution < -0.4 is 10.6 Å². The number of benzene rings is 3. The van der Waals surface area contributed by atoms with Gasteiger partial charge in [0.15, 0.2) is 0 Å². The number of rotatable bonds is 7. The Morgan fingerprint density at radius 2 is 1.59 bits per heavy atom. The standard InChI is InChI=1S/C27H28ClFN2O3/c1-14-10-19(6-8-23(14)28)17(4)30-21-7-9-24(29)22(13-21)20-11-15(2)25(16(3)12-20)26(32)31-18(5)27(33)34/h6-13,17-18,30H,1-5H3,(H,31,32)(H,33,34)/t17?,18-/m0/s1. The van der Waals surface area contributed by atoms with Gasteiger partial charge in [-0.3, -0.25) is 9.59 Å². The van der Waals surface area contributed by atoms with E-state index in [0.29, 0.717) is 32.8 Å². The van der Waals surface area contributed by atoms with E-state index in [-0.39, 0.29) is 11.9 Å². The SMILES string of the molecule is Cc1cc(C(C)Nc2ccc(F)c(-c3cc(C)c(C(=O)N[C@@H](C)C(=O)O)c(C)c3)c2)ccc1Cl. The maximum atomic E-state index is 14.8. The van der Waals surface area contributed by atoms with Crippen molar-refractivity contribution in [2.75, 3.05) is 5.32 Å². The molecule has 0 radical (unpaired) electrons. The molecule has 3 N–H and O–H groups in total. The van der Waals surface area contributed by atoms with Crippen LogP contribution in [-0.4, -0.2) is 23.0 Å². The summed E-state index contributed by atoms with van der Waals surface area (Å²) in [5, 5.41) is 15.6. The fourth-order valence-electron chi connectivity index (χ4n) is 3.91. The summed E-state index contributed by atoms with van der Waals surface area (Å²) < 4.78 is 14.8. The third-order valence-corrected chi connectivity index (χ3v) is 6.24. The van der Waals surface area contributed by atoms with Gasteiger partial charge in [-0.05, 0) is 86.7 Å². The van der Waals surface area contributed by atoms with Gasteiger partial charge in [-0.1, -0.05) is 35.9 Å². The molecule has 0 bridgehead atoms. The Bertz CT molecular complexity index is 1240. The molecule has 2 atom stereocenters. The Hall–Kier alpha value is -3.38. The molecule has 0 fully saturated rings. The Kier molecular flexibility index (Phi) is 7.62. The first-order chi connectivity index (χ1) is 16.0. The van der Waals surface area contributed by atoms with Crippen molar-refractivity contribution < 1.29 is 19.1 Å². The van der Waals surface area contributed by atoms with Crippen molar-refractivity contribution in [1.82, 2.24) is 5.32 Å². The molecule has 3 aromatic carbocycles. The van der Waals surface area contributed by atoms with Crippen LogP contribution in [0.2, 0.25) is 5.02 Å². The molecule has 5 nitrogen and oxygen atoms in total. The van der Waals surface area contributed by atoms with Gasteiger partial charge >= 0.3 is 5.97 Å². The molecule has 0 saturated carbocycles. The molecule has 0 aliphatic heterocycles. The second-order valence-electron chi connectivity index (χ2n) is 8.59. The van der Waals surface area contributed by atoms with Crippen LogP contribution in [0.3, 0.4) is 0 Å². The van der Waals surface area contributed by atoms with Gasteiger partial charge in [-0.25, -0.2) is 4.39 Å². The van der Waals surface area contributed by atoms with Crippen molar-refractivity contribution >= 4 is 29.2 Å². The number of nitrogens with one attached hydrogen (secondary N) is 2. The Labute approximate surface area is 204 Å². The largest absolute Gasteiger partial charge is 0.480 e. The van der Waals surface area contributed by atoms with E-state index < -0.39 is 17.9 Å². The zero-order chi connectivity index (χ0) is 25.2. The lowest BCUT2D eigenvalue weighted by Gasteiger charge is -2.18. The van der Waals surface area contributed by atoms with Crippen LogP contribution in [0.15, 0.2) is 48.5 Å². The molecular formula is C27H28ClFN2O3. The van der Waals surface area contributed by atoms with Crippen molar-refractivity contribution in [3.63, 3.8) is 0 Å². The van der Waals surface area contributed by atoms with Crippen LogP contribution in [0.25, 0.3) is 11.1 Å². The van der Waals surface area contributed by atoms with E-state index in [4.69, 9.17) is 16.7 Å². The van der Waals surface area contributed by atoms with Gasteiger partial charge in [-0.2, -0.15) is 0 Å². The number of carbonyl (C=O) groups is 2. The van der Waals surface area contributed by atoms with Crippen molar-refractivity contribution in [3.05, 3.63) is 87.2 Å². The number of anilines is 1. The molecule has 0 saturated heterocycles. The highest BCUT2D eigenvalue weighted by Gasteiger charge is 2.20. The molecule has 1 unspecified atom stereocenters. The Morgan fingerprint density at radius 1 is 0.941 bits per heavy atom. The minimum Gasteiger partial charge on any atom is -0.480 e. The fourth-order valence-corrected chi connectivity index (χ4v) is 4.03. The van der Waals surface area contributed by atoms with E-state index in [1.807, 2.05) is 32.0 Å². The summed E-state index contributed by atoms with van der Waals surface area (Å²) in [5.74, 6) is -1.97. The number of hydrogen-bond donors (Lipinski definition) is 3. The molecule has 0 aliphatic carbocycles. The van der Waals surface area contributed by atoms with Gasteiger partial charge in [0.25, 0.3) is 5.91 Å². The zero-order valence-electron chi connectivity index (χ0n) is 19.8. The van der Waals surface area contributed by atoms with Crippen LogP contribution >= 0.6 is 11.6 Å². The van der Waals surface area contributed by atoms with Crippen LogP contribution in [-0.2, 0) is 4.79 Å². The summed E-state index contributed by atoms with van der Waals surface area (Å²) in [6, 6.07) is 13.1. The maximum Gasteiger partial charge on any atom is 0.325 e. The summed E-state index contributed by atoms with van der Waals surface area (Å²) in [4.78, 5) is 23.7. The zero-order valence-corrected chi connectivity index (χ0v) is 20.5. The number of halogens is 2. The van der Waals surface area contributed by atoms with Gasteiger partial charge in [0.05, 0.1) is 0 Å². The van der Waals surface area contributed by atoms with Gasteiger partial charge in [0, 0.05) is 27.9 Å². The van der Waals surface area contributed by atoms with Gasteiger partial charge in [-0.15, -0.1) is 0 Å². The van der Waals surface area contributed by atoms with Crippen LogP contribution in [0, 0.1) is 26.6 Å². The Balaban J connectivity index is 1.90. The number of carbonyl (C=O) groups excluding carboxylic acids is 1. The normalized spacial score (nSPS) is 12.7. The van der Waals surface area contributed by atoms with Crippen LogP contribution in [0.1, 0.15) is 52.5 Å². The minimum absolute atomic E-state index is 0.0277. The first-order valence-electron chi connectivity index (χ1n) is 10.9. The summed E-state index contributed by atoms with van der Waals surface area (Å²) in [7, 11) is 0. The van der Waals surface area contributed by atoms with E-state index in [9.17, 15) is 14.0 Å². The second-order valence-corrected chi connectivity index (χ2v) is 8.99. The topological polar surface area (TPSA) is 78.4 Å². The second kappa shape index (κ2) is 10.3. The number of aryl methyl sites for hydroxylation is 3. The number of carboxylic acid groups (broad SMARTS) is 1. The van der Waals surface area contributed by atoms with E-state index in [1.54, 1.807) is 38.1 Å². The molecule has 3 rings (SSSR count). The van der Waals surface area contributed by atoms with E-state index in [1.165, 1.54) is 13.0 Å². The van der Waals surface area contributed by atoms with Crippen LogP contribution in [0.4, 0.5) is 10.1 Å². The highest BCUT2D eigenvalue weighted by atomic mass is 35.5. The number of carboxylic acids is 1. The first-order valence-corrected chi connectivity index (χ1v) is 11.3. The quantitative estimate of drug-likeness (QED) is 0.361. The smallest absolute Gasteiger partial charge is 0.325 e. The van der Waals surface area contributed by atoms with Crippen LogP contribution in [0.5, 0.6) is 0 Å². The molecule has 178 valence electrons. The monoisotopic (exact) mass is 482 g/mol. The molecular weight excluding hydrogens is 455 g/mol. The van der Waals surface area contributed by atoms with Gasteiger partial charge in [0.2, 0.25) is 0 Å². The Morgan fingerprint density at radius 3 is 2.18 bits per heavy atom. The fraction of sp³-hybridized carbons (Fsp3) is 0.259. The lowest BCUT2D eigenvalue weighted by Crippen LogP contribution is -2.38. The average molecular weight is 483 g/mol. The van der Waals surface area contributed by atoms with E-state index in [0.717, 1.165) is 16.8 Å². The molecule has 34 heavy (non-hydrogen) atoms. The molecule has 0 aliphatic rings. The number of hydrogen-bond acceptors (Lipinski definition) is 3. The first kappa shape index (κ1) is 25.2. The lowest BCUT2D eigenvalue weighted by molar-refractivity contribution is -0.138. The predicted molar refractivity (Wildman–Crippen MR) is 134 cm³/mol. The molecule has 0 spiro atoms. The third-order valence-electron chi connectivity index (χ3n) is 5.82. The van der Waals surface area contributed by atoms with E-state index in [2.05, 4.69) is 10.6 Å². The van der Waals surface area contributed by atoms with Gasteiger partial charge in [0.1, 0.15) is 11.9 Å². The van der Waals surface area contributed by atoms with Crippen molar-refractivity contribution in [2.45, 2.75) is 46.7 Å². The lowest BCUT2D eigenvalue weighted by atomic mass is 9.94. The number of aliphatic carboxylic acids is 1. The third kappa shape index (κ3) is 5.57. The summed E-state index contributed by atoms with van der Waals surface area (Å²) >= 11 is 6.13. The van der Waals surface area contributed by atoms with Crippen molar-refractivity contribution in [3.8, 4) is 11.1 Å². The summed E-state index contributed by atoms with van der Waals surface area (Å²) in [5.41, 5.74) is 5.49. The van der Waals surface area contributed by atoms with Crippen molar-refractivity contribution in [1.29, 1.82) is 0 Å². The highest BCUT2D eigenvalue weighted by molar-refractivity contribution is 6.31. The average Bonchev–Trinajstić information content (AvgIpc) is 2.76. The maximum absolute atomic E-state index is 14.8. The predicted octanol–water partition coefficient (Wildman–Crippen LogP) is 6.45. The van der Waals surface area contributed by atoms with Crippen molar-refractivity contribution in [2.24, 2.45) is 0 Å². The molecule has 7 heteroatoms. The number of amides is 1. The summed E-state index contributed by atoms with van der Waals surface area (Å²) in [6.07, 6.45) is 0. The molecule has 1 amide bonds. The minimum atomic E-state index is -1.12.